The average Bonchev–Trinajstić information content (AvgIpc) is 3.07. The van der Waals surface area contributed by atoms with Gasteiger partial charge >= 0.3 is 0 Å². The Labute approximate surface area is 132 Å². The number of rotatable bonds is 4. The summed E-state index contributed by atoms with van der Waals surface area (Å²) in [4.78, 5) is 10.3. The Morgan fingerprint density at radius 1 is 1.43 bits per heavy atom. The van der Waals surface area contributed by atoms with Crippen LogP contribution in [0.5, 0.6) is 0 Å². The van der Waals surface area contributed by atoms with Gasteiger partial charge in [0.15, 0.2) is 6.23 Å². The number of hydrogen-bond donors (Lipinski definition) is 3. The summed E-state index contributed by atoms with van der Waals surface area (Å²) in [6, 6.07) is 1.79. The molecule has 0 amide bonds. The molecule has 0 spiro atoms. The van der Waals surface area contributed by atoms with E-state index in [0.717, 1.165) is 5.39 Å². The van der Waals surface area contributed by atoms with Gasteiger partial charge in [-0.1, -0.05) is 0 Å². The van der Waals surface area contributed by atoms with Gasteiger partial charge in [0.25, 0.3) is 0 Å². The van der Waals surface area contributed by atoms with Crippen LogP contribution in [-0.4, -0.2) is 75.7 Å². The lowest BCUT2D eigenvalue weighted by Gasteiger charge is -2.30. The largest absolute Gasteiger partial charge is 0.394 e. The molecular formula is C14H20N4O5. The van der Waals surface area contributed by atoms with Crippen LogP contribution in [0.4, 0.5) is 5.82 Å². The van der Waals surface area contributed by atoms with E-state index >= 15 is 0 Å². The van der Waals surface area contributed by atoms with E-state index in [0.29, 0.717) is 11.5 Å². The summed E-state index contributed by atoms with van der Waals surface area (Å²) in [5.74, 6) is -1.28. The van der Waals surface area contributed by atoms with Crippen LogP contribution in [0, 0.1) is 0 Å². The molecule has 23 heavy (non-hydrogen) atoms. The van der Waals surface area contributed by atoms with Crippen molar-refractivity contribution in [3.05, 3.63) is 18.6 Å². The van der Waals surface area contributed by atoms with Crippen LogP contribution in [0.3, 0.4) is 0 Å². The molecule has 126 valence electrons. The fourth-order valence-corrected chi connectivity index (χ4v) is 2.88. The third-order valence-electron chi connectivity index (χ3n) is 4.10. The van der Waals surface area contributed by atoms with Crippen molar-refractivity contribution in [2.75, 3.05) is 32.7 Å². The number of methoxy groups -OCH3 is 1. The number of aliphatic hydroxyl groups is 3. The molecule has 1 unspecified atom stereocenters. The summed E-state index contributed by atoms with van der Waals surface area (Å²) >= 11 is 0. The highest BCUT2D eigenvalue weighted by molar-refractivity contribution is 5.87. The van der Waals surface area contributed by atoms with Crippen LogP contribution in [0.15, 0.2) is 18.6 Å². The normalized spacial score (nSPS) is 31.0. The monoisotopic (exact) mass is 324 g/mol. The molecule has 0 saturated carbocycles. The Bertz CT molecular complexity index is 706. The molecule has 2 aromatic rings. The van der Waals surface area contributed by atoms with E-state index in [1.54, 1.807) is 16.8 Å². The fraction of sp³-hybridized carbons (Fsp3) is 0.571. The molecule has 3 rings (SSSR count). The van der Waals surface area contributed by atoms with Crippen molar-refractivity contribution >= 4 is 16.9 Å². The summed E-state index contributed by atoms with van der Waals surface area (Å²) < 4.78 is 12.3. The topological polar surface area (TPSA) is 113 Å². The maximum Gasteiger partial charge on any atom is 0.241 e. The molecular weight excluding hydrogens is 304 g/mol. The SMILES string of the molecule is CO[C@]1(O)C(n2ccc3c(N(C)C)ncnc32)O[C@H](CO)[C@H]1O. The number of aliphatic hydroxyl groups excluding tert-OH is 2. The van der Waals surface area contributed by atoms with Crippen LogP contribution < -0.4 is 4.90 Å². The summed E-state index contributed by atoms with van der Waals surface area (Å²) in [5, 5.41) is 30.9. The van der Waals surface area contributed by atoms with Gasteiger partial charge in [-0.05, 0) is 6.07 Å². The summed E-state index contributed by atoms with van der Waals surface area (Å²) in [7, 11) is 5.00. The second kappa shape index (κ2) is 5.69. The summed E-state index contributed by atoms with van der Waals surface area (Å²) in [6.07, 6.45) is -0.322. The molecule has 1 aliphatic heterocycles. The molecule has 1 fully saturated rings. The molecule has 1 saturated heterocycles. The van der Waals surface area contributed by atoms with Crippen molar-refractivity contribution in [2.45, 2.75) is 24.2 Å². The van der Waals surface area contributed by atoms with Gasteiger partial charge in [-0.3, -0.25) is 0 Å². The van der Waals surface area contributed by atoms with E-state index in [-0.39, 0.29) is 0 Å². The molecule has 0 aromatic carbocycles. The zero-order valence-corrected chi connectivity index (χ0v) is 13.1. The van der Waals surface area contributed by atoms with Crippen molar-refractivity contribution in [2.24, 2.45) is 0 Å². The number of ether oxygens (including phenoxy) is 2. The second-order valence-corrected chi connectivity index (χ2v) is 5.66. The Kier molecular flexibility index (Phi) is 3.98. The van der Waals surface area contributed by atoms with Crippen molar-refractivity contribution in [3.8, 4) is 0 Å². The zero-order valence-electron chi connectivity index (χ0n) is 13.1. The standard InChI is InChI=1S/C14H20N4O5/c1-17(2)11-8-4-5-18(12(8)16-7-15-11)13-14(21,22-3)10(20)9(6-19)23-13/h4-5,7,9-10,13,19-21H,6H2,1-3H3/t9-,10-,13?,14+/m1/s1. The molecule has 2 aromatic heterocycles. The lowest BCUT2D eigenvalue weighted by atomic mass is 10.1. The minimum Gasteiger partial charge on any atom is -0.394 e. The van der Waals surface area contributed by atoms with E-state index in [4.69, 9.17) is 9.47 Å². The van der Waals surface area contributed by atoms with E-state index in [1.807, 2.05) is 19.0 Å². The molecule has 4 atom stereocenters. The first-order valence-corrected chi connectivity index (χ1v) is 7.14. The highest BCUT2D eigenvalue weighted by atomic mass is 16.7. The third kappa shape index (κ3) is 2.28. The quantitative estimate of drug-likeness (QED) is 0.619. The lowest BCUT2D eigenvalue weighted by molar-refractivity contribution is -0.264. The Balaban J connectivity index is 2.11. The molecule has 0 radical (unpaired) electrons. The first-order valence-electron chi connectivity index (χ1n) is 7.14. The minimum absolute atomic E-state index is 0.444. The van der Waals surface area contributed by atoms with Gasteiger partial charge in [-0.2, -0.15) is 0 Å². The lowest BCUT2D eigenvalue weighted by Crippen LogP contribution is -2.48. The maximum absolute atomic E-state index is 10.7. The molecule has 0 aliphatic carbocycles. The second-order valence-electron chi connectivity index (χ2n) is 5.66. The average molecular weight is 324 g/mol. The van der Waals surface area contributed by atoms with Gasteiger partial charge in [-0.25, -0.2) is 9.97 Å². The zero-order chi connectivity index (χ0) is 16.8. The van der Waals surface area contributed by atoms with Crippen LogP contribution in [0.1, 0.15) is 6.23 Å². The van der Waals surface area contributed by atoms with Crippen molar-refractivity contribution in [3.63, 3.8) is 0 Å². The fourth-order valence-electron chi connectivity index (χ4n) is 2.88. The van der Waals surface area contributed by atoms with Gasteiger partial charge < -0.3 is 34.3 Å². The predicted octanol–water partition coefficient (Wildman–Crippen LogP) is -0.917. The smallest absolute Gasteiger partial charge is 0.241 e. The van der Waals surface area contributed by atoms with E-state index in [9.17, 15) is 15.3 Å². The molecule has 1 aliphatic rings. The van der Waals surface area contributed by atoms with Gasteiger partial charge in [0, 0.05) is 27.4 Å². The highest BCUT2D eigenvalue weighted by Gasteiger charge is 2.57. The number of nitrogens with zero attached hydrogens (tertiary/aromatic N) is 4. The summed E-state index contributed by atoms with van der Waals surface area (Å²) in [6.45, 7) is -0.444. The number of fused-ring (bicyclic) bond motifs is 1. The van der Waals surface area contributed by atoms with Crippen molar-refractivity contribution in [1.29, 1.82) is 0 Å². The predicted molar refractivity (Wildman–Crippen MR) is 80.8 cm³/mol. The molecule has 0 bridgehead atoms. The first-order chi connectivity index (χ1) is 10.9. The van der Waals surface area contributed by atoms with Crippen LogP contribution in [0.25, 0.3) is 11.0 Å². The Morgan fingerprint density at radius 2 is 2.17 bits per heavy atom. The van der Waals surface area contributed by atoms with Crippen LogP contribution in [-0.2, 0) is 9.47 Å². The molecule has 3 heterocycles. The van der Waals surface area contributed by atoms with Gasteiger partial charge in [0.05, 0.1) is 12.0 Å². The molecule has 9 heteroatoms. The van der Waals surface area contributed by atoms with Gasteiger partial charge in [-0.15, -0.1) is 0 Å². The highest BCUT2D eigenvalue weighted by Crippen LogP contribution is 2.40. The van der Waals surface area contributed by atoms with E-state index < -0.39 is 30.8 Å². The van der Waals surface area contributed by atoms with Crippen molar-refractivity contribution in [1.82, 2.24) is 14.5 Å². The Morgan fingerprint density at radius 3 is 2.78 bits per heavy atom. The van der Waals surface area contributed by atoms with Crippen LogP contribution in [0.2, 0.25) is 0 Å². The van der Waals surface area contributed by atoms with E-state index in [2.05, 4.69) is 9.97 Å². The van der Waals surface area contributed by atoms with E-state index in [1.165, 1.54) is 13.4 Å². The maximum atomic E-state index is 10.7. The molecule has 9 nitrogen and oxygen atoms in total. The minimum atomic E-state index is -2.00. The number of anilines is 1. The number of hydrogen-bond acceptors (Lipinski definition) is 8. The molecule has 3 N–H and O–H groups in total. The summed E-state index contributed by atoms with van der Waals surface area (Å²) in [5.41, 5.74) is 0.523. The third-order valence-corrected chi connectivity index (χ3v) is 4.10. The van der Waals surface area contributed by atoms with Gasteiger partial charge in [0.2, 0.25) is 5.79 Å². The Hall–Kier alpha value is -1.78. The van der Waals surface area contributed by atoms with Gasteiger partial charge in [0.1, 0.15) is 30.0 Å². The first kappa shape index (κ1) is 16.1. The van der Waals surface area contributed by atoms with Crippen LogP contribution >= 0.6 is 0 Å². The number of aromatic nitrogens is 3. The van der Waals surface area contributed by atoms with Crippen molar-refractivity contribution < 1.29 is 24.8 Å².